The molecule has 1 aromatic carbocycles. The van der Waals surface area contributed by atoms with Gasteiger partial charge < -0.3 is 10.2 Å². The summed E-state index contributed by atoms with van der Waals surface area (Å²) < 4.78 is 0. The third-order valence-corrected chi connectivity index (χ3v) is 3.04. The van der Waals surface area contributed by atoms with Gasteiger partial charge in [-0.2, -0.15) is 0 Å². The van der Waals surface area contributed by atoms with E-state index in [1.165, 1.54) is 11.3 Å². The van der Waals surface area contributed by atoms with Gasteiger partial charge in [0.25, 0.3) is 0 Å². The lowest BCUT2D eigenvalue weighted by Gasteiger charge is -2.21. The highest BCUT2D eigenvalue weighted by atomic mass is 32.1. The first-order chi connectivity index (χ1) is 7.68. The summed E-state index contributed by atoms with van der Waals surface area (Å²) in [6.07, 6.45) is 1.07. The molecule has 0 aromatic heterocycles. The van der Waals surface area contributed by atoms with Crippen LogP contribution in [0.2, 0.25) is 0 Å². The average Bonchev–Trinajstić information content (AvgIpc) is 2.69. The minimum Gasteiger partial charge on any atom is -0.359 e. The summed E-state index contributed by atoms with van der Waals surface area (Å²) in [4.78, 5) is 2.16. The number of nitrogens with zero attached hydrogens (tertiary/aromatic N) is 1. The highest BCUT2D eigenvalue weighted by Crippen LogP contribution is 2.27. The molecular weight excluding hydrogens is 216 g/mol. The van der Waals surface area contributed by atoms with Crippen molar-refractivity contribution in [3.05, 3.63) is 42.0 Å². The Bertz CT molecular complexity index is 426. The van der Waals surface area contributed by atoms with E-state index in [9.17, 15) is 0 Å². The largest absolute Gasteiger partial charge is 0.359 e. The second-order valence-electron chi connectivity index (χ2n) is 4.15. The van der Waals surface area contributed by atoms with Gasteiger partial charge in [0.15, 0.2) is 5.11 Å². The van der Waals surface area contributed by atoms with Gasteiger partial charge in [0.1, 0.15) is 0 Å². The number of para-hydroxylation sites is 1. The highest BCUT2D eigenvalue weighted by Gasteiger charge is 2.20. The standard InChI is InChI=1S/C13H16N2S/c1-10(2)9-14-13(16)15-8-7-11-5-3-4-6-12(11)15/h3-6H,1,7-9H2,2H3,(H,14,16). The fourth-order valence-corrected chi connectivity index (χ4v) is 2.13. The molecule has 1 aliphatic rings. The zero-order valence-electron chi connectivity index (χ0n) is 9.49. The van der Waals surface area contributed by atoms with Crippen LogP contribution in [-0.4, -0.2) is 18.2 Å². The molecule has 0 amide bonds. The van der Waals surface area contributed by atoms with Crippen molar-refractivity contribution < 1.29 is 0 Å². The number of rotatable bonds is 2. The van der Waals surface area contributed by atoms with E-state index in [0.29, 0.717) is 0 Å². The van der Waals surface area contributed by atoms with E-state index in [2.05, 4.69) is 41.1 Å². The summed E-state index contributed by atoms with van der Waals surface area (Å²) in [5.41, 5.74) is 3.71. The van der Waals surface area contributed by atoms with Crippen LogP contribution in [0.25, 0.3) is 0 Å². The van der Waals surface area contributed by atoms with Crippen molar-refractivity contribution in [1.29, 1.82) is 0 Å². The van der Waals surface area contributed by atoms with Crippen molar-refractivity contribution in [1.82, 2.24) is 5.32 Å². The molecule has 1 aromatic rings. The minimum atomic E-state index is 0.748. The van der Waals surface area contributed by atoms with E-state index >= 15 is 0 Å². The lowest BCUT2D eigenvalue weighted by atomic mass is 10.2. The summed E-state index contributed by atoms with van der Waals surface area (Å²) in [6.45, 7) is 7.57. The van der Waals surface area contributed by atoms with Crippen LogP contribution in [0.4, 0.5) is 5.69 Å². The maximum Gasteiger partial charge on any atom is 0.173 e. The van der Waals surface area contributed by atoms with Crippen molar-refractivity contribution in [2.45, 2.75) is 13.3 Å². The van der Waals surface area contributed by atoms with Crippen LogP contribution in [0.1, 0.15) is 12.5 Å². The van der Waals surface area contributed by atoms with Gasteiger partial charge in [0, 0.05) is 18.8 Å². The molecule has 0 saturated heterocycles. The van der Waals surface area contributed by atoms with Gasteiger partial charge in [-0.05, 0) is 37.2 Å². The number of anilines is 1. The van der Waals surface area contributed by atoms with Gasteiger partial charge in [-0.15, -0.1) is 0 Å². The molecule has 0 radical (unpaired) electrons. The summed E-state index contributed by atoms with van der Waals surface area (Å²) >= 11 is 5.38. The Hall–Kier alpha value is -1.35. The Morgan fingerprint density at radius 2 is 2.25 bits per heavy atom. The van der Waals surface area contributed by atoms with Crippen LogP contribution in [-0.2, 0) is 6.42 Å². The maximum atomic E-state index is 5.38. The molecule has 1 heterocycles. The lowest BCUT2D eigenvalue weighted by Crippen LogP contribution is -2.39. The number of hydrogen-bond donors (Lipinski definition) is 1. The molecule has 1 N–H and O–H groups in total. The Morgan fingerprint density at radius 3 is 3.00 bits per heavy atom. The second kappa shape index (κ2) is 4.66. The van der Waals surface area contributed by atoms with Crippen molar-refractivity contribution >= 4 is 23.0 Å². The predicted molar refractivity (Wildman–Crippen MR) is 72.9 cm³/mol. The molecule has 1 aliphatic heterocycles. The van der Waals surface area contributed by atoms with E-state index in [-0.39, 0.29) is 0 Å². The molecule has 0 spiro atoms. The molecule has 0 aliphatic carbocycles. The normalized spacial score (nSPS) is 13.4. The van der Waals surface area contributed by atoms with Crippen molar-refractivity contribution in [3.63, 3.8) is 0 Å². The van der Waals surface area contributed by atoms with E-state index in [4.69, 9.17) is 12.2 Å². The summed E-state index contributed by atoms with van der Waals surface area (Å²) in [6, 6.07) is 8.42. The Balaban J connectivity index is 2.07. The highest BCUT2D eigenvalue weighted by molar-refractivity contribution is 7.80. The quantitative estimate of drug-likeness (QED) is 0.623. The van der Waals surface area contributed by atoms with Gasteiger partial charge in [0.05, 0.1) is 0 Å². The predicted octanol–water partition coefficient (Wildman–Crippen LogP) is 2.50. The second-order valence-corrected chi connectivity index (χ2v) is 4.53. The van der Waals surface area contributed by atoms with Gasteiger partial charge in [-0.1, -0.05) is 30.4 Å². The van der Waals surface area contributed by atoms with Crippen LogP contribution in [0.3, 0.4) is 0 Å². The van der Waals surface area contributed by atoms with E-state index in [0.717, 1.165) is 30.2 Å². The van der Waals surface area contributed by atoms with E-state index < -0.39 is 0 Å². The van der Waals surface area contributed by atoms with Crippen LogP contribution < -0.4 is 10.2 Å². The molecule has 0 saturated carbocycles. The Labute approximate surface area is 102 Å². The fraction of sp³-hybridized carbons (Fsp3) is 0.308. The molecule has 2 nitrogen and oxygen atoms in total. The number of hydrogen-bond acceptors (Lipinski definition) is 1. The summed E-state index contributed by atoms with van der Waals surface area (Å²) in [5.74, 6) is 0. The molecule has 0 fully saturated rings. The van der Waals surface area contributed by atoms with Crippen molar-refractivity contribution in [2.75, 3.05) is 18.0 Å². The average molecular weight is 232 g/mol. The number of benzene rings is 1. The molecular formula is C13H16N2S. The zero-order chi connectivity index (χ0) is 11.5. The van der Waals surface area contributed by atoms with Crippen LogP contribution in [0.15, 0.2) is 36.4 Å². The van der Waals surface area contributed by atoms with E-state index in [1.54, 1.807) is 0 Å². The van der Waals surface area contributed by atoms with Gasteiger partial charge in [0.2, 0.25) is 0 Å². The fourth-order valence-electron chi connectivity index (χ4n) is 1.87. The third-order valence-electron chi connectivity index (χ3n) is 2.67. The van der Waals surface area contributed by atoms with Crippen LogP contribution >= 0.6 is 12.2 Å². The smallest absolute Gasteiger partial charge is 0.173 e. The first-order valence-electron chi connectivity index (χ1n) is 5.46. The molecule has 84 valence electrons. The SMILES string of the molecule is C=C(C)CNC(=S)N1CCc2ccccc21. The van der Waals surface area contributed by atoms with Crippen LogP contribution in [0.5, 0.6) is 0 Å². The Morgan fingerprint density at radius 1 is 1.50 bits per heavy atom. The zero-order valence-corrected chi connectivity index (χ0v) is 10.3. The summed E-state index contributed by atoms with van der Waals surface area (Å²) in [5, 5.41) is 4.02. The molecule has 0 atom stereocenters. The van der Waals surface area contributed by atoms with Crippen LogP contribution in [0, 0.1) is 0 Å². The van der Waals surface area contributed by atoms with Crippen molar-refractivity contribution in [2.24, 2.45) is 0 Å². The van der Waals surface area contributed by atoms with Crippen molar-refractivity contribution in [3.8, 4) is 0 Å². The molecule has 0 unspecified atom stereocenters. The van der Waals surface area contributed by atoms with Gasteiger partial charge in [-0.3, -0.25) is 0 Å². The number of fused-ring (bicyclic) bond motifs is 1. The maximum absolute atomic E-state index is 5.38. The molecule has 0 bridgehead atoms. The third kappa shape index (κ3) is 2.25. The molecule has 16 heavy (non-hydrogen) atoms. The van der Waals surface area contributed by atoms with E-state index in [1.807, 2.05) is 6.92 Å². The topological polar surface area (TPSA) is 15.3 Å². The molecule has 3 heteroatoms. The summed E-state index contributed by atoms with van der Waals surface area (Å²) in [7, 11) is 0. The lowest BCUT2D eigenvalue weighted by molar-refractivity contribution is 0.939. The number of nitrogens with one attached hydrogen (secondary N) is 1. The number of thiocarbonyl (C=S) groups is 1. The van der Waals surface area contributed by atoms with Gasteiger partial charge >= 0.3 is 0 Å². The minimum absolute atomic E-state index is 0.748. The Kier molecular flexibility index (Phi) is 3.25. The first kappa shape index (κ1) is 11.1. The molecule has 2 rings (SSSR count). The first-order valence-corrected chi connectivity index (χ1v) is 5.87. The monoisotopic (exact) mass is 232 g/mol. The van der Waals surface area contributed by atoms with Gasteiger partial charge in [-0.25, -0.2) is 0 Å².